The lowest BCUT2D eigenvalue weighted by atomic mass is 9.82. The maximum Gasteiger partial charge on any atom is 0.336 e. The first-order valence-electron chi connectivity index (χ1n) is 9.37. The van der Waals surface area contributed by atoms with Crippen molar-refractivity contribution in [1.29, 1.82) is 0 Å². The molecule has 0 N–H and O–H groups in total. The Kier molecular flexibility index (Phi) is 6.20. The van der Waals surface area contributed by atoms with Gasteiger partial charge in [0.1, 0.15) is 0 Å². The average molecular weight is 398 g/mol. The summed E-state index contributed by atoms with van der Waals surface area (Å²) in [6.45, 7) is 4.42. The molecule has 1 atom stereocenters. The number of nitrogens with zero attached hydrogens (tertiary/aromatic N) is 1. The SMILES string of the molecule is CCC1=C(C(=O)OC)[C@@H](c2ccc(Cl)cc2)CC(=O)N1Cc1ccc(C)cc1. The fourth-order valence-electron chi connectivity index (χ4n) is 3.67. The van der Waals surface area contributed by atoms with Gasteiger partial charge in [-0.15, -0.1) is 0 Å². The number of carbonyl (C=O) groups is 2. The second kappa shape index (κ2) is 8.61. The molecule has 0 spiro atoms. The molecule has 0 radical (unpaired) electrons. The monoisotopic (exact) mass is 397 g/mol. The van der Waals surface area contributed by atoms with Crippen LogP contribution in [-0.4, -0.2) is 23.9 Å². The lowest BCUT2D eigenvalue weighted by molar-refractivity contribution is -0.138. The third-order valence-electron chi connectivity index (χ3n) is 5.14. The summed E-state index contributed by atoms with van der Waals surface area (Å²) in [7, 11) is 1.38. The van der Waals surface area contributed by atoms with Crippen LogP contribution < -0.4 is 0 Å². The number of hydrogen-bond donors (Lipinski definition) is 0. The van der Waals surface area contributed by atoms with Crippen molar-refractivity contribution in [3.8, 4) is 0 Å². The lowest BCUT2D eigenvalue weighted by Crippen LogP contribution is -2.38. The van der Waals surface area contributed by atoms with Crippen LogP contribution in [0.4, 0.5) is 0 Å². The van der Waals surface area contributed by atoms with Gasteiger partial charge in [-0.1, -0.05) is 60.5 Å². The fraction of sp³-hybridized carbons (Fsp3) is 0.304. The van der Waals surface area contributed by atoms with E-state index in [4.69, 9.17) is 16.3 Å². The van der Waals surface area contributed by atoms with E-state index >= 15 is 0 Å². The average Bonchev–Trinajstić information content (AvgIpc) is 2.70. The number of carbonyl (C=O) groups excluding carboxylic acids is 2. The van der Waals surface area contributed by atoms with Crippen LogP contribution in [0.2, 0.25) is 5.02 Å². The molecule has 2 aromatic rings. The van der Waals surface area contributed by atoms with E-state index in [2.05, 4.69) is 0 Å². The first-order chi connectivity index (χ1) is 13.4. The summed E-state index contributed by atoms with van der Waals surface area (Å²) in [5.74, 6) is -0.718. The maximum absolute atomic E-state index is 13.1. The Hall–Kier alpha value is -2.59. The highest BCUT2D eigenvalue weighted by atomic mass is 35.5. The summed E-state index contributed by atoms with van der Waals surface area (Å²) in [4.78, 5) is 27.5. The van der Waals surface area contributed by atoms with E-state index in [0.717, 1.165) is 22.4 Å². The number of rotatable bonds is 5. The Morgan fingerprint density at radius 2 is 1.79 bits per heavy atom. The van der Waals surface area contributed by atoms with E-state index in [1.807, 2.05) is 50.2 Å². The molecule has 2 aromatic carbocycles. The summed E-state index contributed by atoms with van der Waals surface area (Å²) < 4.78 is 5.09. The van der Waals surface area contributed by atoms with Crippen molar-refractivity contribution in [3.63, 3.8) is 0 Å². The van der Waals surface area contributed by atoms with Gasteiger partial charge in [-0.25, -0.2) is 4.79 Å². The van der Waals surface area contributed by atoms with Gasteiger partial charge in [-0.3, -0.25) is 4.79 Å². The summed E-state index contributed by atoms with van der Waals surface area (Å²) in [6, 6.07) is 15.4. The quantitative estimate of drug-likeness (QED) is 0.667. The highest BCUT2D eigenvalue weighted by Crippen LogP contribution is 2.39. The molecule has 1 aliphatic heterocycles. The largest absolute Gasteiger partial charge is 0.466 e. The zero-order chi connectivity index (χ0) is 20.3. The van der Waals surface area contributed by atoms with Gasteiger partial charge in [0.05, 0.1) is 19.2 Å². The van der Waals surface area contributed by atoms with E-state index in [1.165, 1.54) is 7.11 Å². The molecule has 146 valence electrons. The topological polar surface area (TPSA) is 46.6 Å². The van der Waals surface area contributed by atoms with Crippen LogP contribution in [0.15, 0.2) is 59.8 Å². The molecular formula is C23H24ClNO3. The number of esters is 1. The normalized spacial score (nSPS) is 17.1. The van der Waals surface area contributed by atoms with Crippen LogP contribution in [0, 0.1) is 6.92 Å². The smallest absolute Gasteiger partial charge is 0.336 e. The minimum Gasteiger partial charge on any atom is -0.466 e. The second-order valence-electron chi connectivity index (χ2n) is 6.98. The van der Waals surface area contributed by atoms with Gasteiger partial charge in [-0.2, -0.15) is 0 Å². The Morgan fingerprint density at radius 1 is 1.14 bits per heavy atom. The molecule has 0 bridgehead atoms. The Balaban J connectivity index is 2.05. The van der Waals surface area contributed by atoms with Crippen molar-refractivity contribution in [3.05, 3.63) is 81.5 Å². The van der Waals surface area contributed by atoms with E-state index in [9.17, 15) is 9.59 Å². The Labute approximate surface area is 170 Å². The van der Waals surface area contributed by atoms with Crippen molar-refractivity contribution < 1.29 is 14.3 Å². The van der Waals surface area contributed by atoms with Gasteiger partial charge in [0.2, 0.25) is 5.91 Å². The van der Waals surface area contributed by atoms with E-state index in [1.54, 1.807) is 17.0 Å². The first-order valence-corrected chi connectivity index (χ1v) is 9.75. The molecule has 0 unspecified atom stereocenters. The Bertz CT molecular complexity index is 900. The summed E-state index contributed by atoms with van der Waals surface area (Å²) >= 11 is 6.01. The van der Waals surface area contributed by atoms with Crippen molar-refractivity contribution >= 4 is 23.5 Å². The zero-order valence-corrected chi connectivity index (χ0v) is 17.1. The summed E-state index contributed by atoms with van der Waals surface area (Å²) in [6.07, 6.45) is 0.785. The molecule has 3 rings (SSSR count). The molecule has 0 saturated carbocycles. The molecule has 0 aromatic heterocycles. The molecule has 1 heterocycles. The van der Waals surface area contributed by atoms with Gasteiger partial charge in [0, 0.05) is 23.1 Å². The fourth-order valence-corrected chi connectivity index (χ4v) is 3.80. The van der Waals surface area contributed by atoms with Gasteiger partial charge in [0.25, 0.3) is 0 Å². The molecule has 0 fully saturated rings. The molecule has 0 aliphatic carbocycles. The summed E-state index contributed by atoms with van der Waals surface area (Å²) in [5, 5.41) is 0.617. The van der Waals surface area contributed by atoms with E-state index in [-0.39, 0.29) is 18.2 Å². The number of methoxy groups -OCH3 is 1. The predicted octanol–water partition coefficient (Wildman–Crippen LogP) is 5.00. The lowest BCUT2D eigenvalue weighted by Gasteiger charge is -2.35. The Morgan fingerprint density at radius 3 is 2.36 bits per heavy atom. The molecule has 0 saturated heterocycles. The van der Waals surface area contributed by atoms with Gasteiger partial charge < -0.3 is 9.64 Å². The maximum atomic E-state index is 13.1. The number of allylic oxidation sites excluding steroid dienone is 1. The molecule has 1 amide bonds. The van der Waals surface area contributed by atoms with Crippen molar-refractivity contribution in [2.75, 3.05) is 7.11 Å². The molecule has 4 nitrogen and oxygen atoms in total. The third kappa shape index (κ3) is 4.12. The minimum atomic E-state index is -0.391. The van der Waals surface area contributed by atoms with Crippen LogP contribution in [-0.2, 0) is 20.9 Å². The highest BCUT2D eigenvalue weighted by Gasteiger charge is 2.37. The number of ether oxygens (including phenoxy) is 1. The van der Waals surface area contributed by atoms with Gasteiger partial charge in [0.15, 0.2) is 0 Å². The highest BCUT2D eigenvalue weighted by molar-refractivity contribution is 6.30. The van der Waals surface area contributed by atoms with Crippen molar-refractivity contribution in [2.24, 2.45) is 0 Å². The number of benzene rings is 2. The summed E-state index contributed by atoms with van der Waals surface area (Å²) in [5.41, 5.74) is 4.36. The van der Waals surface area contributed by atoms with Crippen LogP contribution in [0.25, 0.3) is 0 Å². The number of aryl methyl sites for hydroxylation is 1. The zero-order valence-electron chi connectivity index (χ0n) is 16.4. The number of amides is 1. The van der Waals surface area contributed by atoms with Crippen molar-refractivity contribution in [2.45, 2.75) is 39.2 Å². The van der Waals surface area contributed by atoms with Gasteiger partial charge in [-0.05, 0) is 36.6 Å². The molecule has 1 aliphatic rings. The number of hydrogen-bond acceptors (Lipinski definition) is 3. The van der Waals surface area contributed by atoms with Crippen LogP contribution in [0.1, 0.15) is 42.4 Å². The molecule has 28 heavy (non-hydrogen) atoms. The van der Waals surface area contributed by atoms with Crippen LogP contribution in [0.3, 0.4) is 0 Å². The van der Waals surface area contributed by atoms with Gasteiger partial charge >= 0.3 is 5.97 Å². The molecular weight excluding hydrogens is 374 g/mol. The number of halogens is 1. The third-order valence-corrected chi connectivity index (χ3v) is 5.39. The standard InChI is InChI=1S/C23H24ClNO3/c1-4-20-22(23(27)28-3)19(17-9-11-18(24)12-10-17)13-21(26)25(20)14-16-7-5-15(2)6-8-16/h5-12,19H,4,13-14H2,1-3H3/t19-/m1/s1. The molecule has 5 heteroatoms. The van der Waals surface area contributed by atoms with E-state index < -0.39 is 5.97 Å². The first kappa shape index (κ1) is 20.2. The second-order valence-corrected chi connectivity index (χ2v) is 7.42. The minimum absolute atomic E-state index is 0.00466. The van der Waals surface area contributed by atoms with Crippen molar-refractivity contribution in [1.82, 2.24) is 4.90 Å². The van der Waals surface area contributed by atoms with Crippen LogP contribution in [0.5, 0.6) is 0 Å². The van der Waals surface area contributed by atoms with Crippen LogP contribution >= 0.6 is 11.6 Å². The predicted molar refractivity (Wildman–Crippen MR) is 110 cm³/mol. The van der Waals surface area contributed by atoms with E-state index in [0.29, 0.717) is 23.6 Å².